The second-order valence-corrected chi connectivity index (χ2v) is 5.13. The van der Waals surface area contributed by atoms with Gasteiger partial charge < -0.3 is 5.11 Å². The van der Waals surface area contributed by atoms with Crippen molar-refractivity contribution in [3.05, 3.63) is 0 Å². The number of hydroxylamine groups is 2. The van der Waals surface area contributed by atoms with Crippen molar-refractivity contribution < 1.29 is 26.7 Å². The van der Waals surface area contributed by atoms with Crippen molar-refractivity contribution in [3.63, 3.8) is 0 Å². The second-order valence-electron chi connectivity index (χ2n) is 3.65. The molecular weight excluding hydrogens is 274 g/mol. The molecule has 0 rings (SSSR count). The zero-order valence-electron chi connectivity index (χ0n) is 12.5. The van der Waals surface area contributed by atoms with E-state index in [1.807, 2.05) is 6.92 Å². The lowest BCUT2D eigenvalue weighted by atomic mass is 10.3. The molecule has 0 aromatic rings. The van der Waals surface area contributed by atoms with E-state index in [1.165, 1.54) is 12.8 Å². The van der Waals surface area contributed by atoms with E-state index >= 15 is 0 Å². The lowest BCUT2D eigenvalue weighted by Gasteiger charge is -2.22. The highest BCUT2D eigenvalue weighted by atomic mass is 32.3. The molecule has 7 nitrogen and oxygen atoms in total. The minimum absolute atomic E-state index is 0.503. The van der Waals surface area contributed by atoms with E-state index in [-0.39, 0.29) is 0 Å². The van der Waals surface area contributed by atoms with Crippen LogP contribution in [0.15, 0.2) is 0 Å². The largest absolute Gasteiger partial charge is 0.399 e. The van der Waals surface area contributed by atoms with Crippen LogP contribution in [0.2, 0.25) is 0 Å². The Kier molecular flexibility index (Phi) is 14.1. The predicted octanol–water partition coefficient (Wildman–Crippen LogP) is 1.29. The van der Waals surface area contributed by atoms with Crippen LogP contribution in [0.3, 0.4) is 0 Å². The average Bonchev–Trinajstić information content (AvgIpc) is 2.39. The third kappa shape index (κ3) is 14.0. The van der Waals surface area contributed by atoms with E-state index in [0.717, 1.165) is 27.2 Å². The maximum Gasteiger partial charge on any atom is 0.399 e. The molecule has 0 saturated carbocycles. The van der Waals surface area contributed by atoms with Crippen LogP contribution >= 0.6 is 0 Å². The first-order valence-electron chi connectivity index (χ1n) is 6.28. The first-order chi connectivity index (χ1) is 8.84. The summed E-state index contributed by atoms with van der Waals surface area (Å²) in [6.07, 6.45) is 2.96. The highest BCUT2D eigenvalue weighted by Gasteiger charge is 2.07. The predicted molar refractivity (Wildman–Crippen MR) is 72.5 cm³/mol. The molecule has 0 aromatic heterocycles. The van der Waals surface area contributed by atoms with Crippen LogP contribution < -0.4 is 0 Å². The Hall–Kier alpha value is -0.250. The highest BCUT2D eigenvalue weighted by Crippen LogP contribution is 2.00. The SMILES string of the molecule is CCCCCON(CC)C(C)O.COS(=O)(=O)OC. The van der Waals surface area contributed by atoms with Gasteiger partial charge in [-0.2, -0.15) is 13.5 Å². The number of aliphatic hydroxyl groups excluding tert-OH is 1. The fourth-order valence-electron chi connectivity index (χ4n) is 1.07. The molecule has 0 fully saturated rings. The molecule has 8 heteroatoms. The van der Waals surface area contributed by atoms with Crippen molar-refractivity contribution in [2.45, 2.75) is 46.3 Å². The molecule has 0 heterocycles. The topological polar surface area (TPSA) is 85.3 Å². The molecule has 0 saturated heterocycles. The maximum atomic E-state index is 9.92. The van der Waals surface area contributed by atoms with E-state index in [0.29, 0.717) is 6.61 Å². The molecule has 0 spiro atoms. The zero-order chi connectivity index (χ0) is 15.3. The van der Waals surface area contributed by atoms with Crippen LogP contribution in [0.4, 0.5) is 0 Å². The Balaban J connectivity index is 0. The van der Waals surface area contributed by atoms with Gasteiger partial charge in [0.15, 0.2) is 0 Å². The standard InChI is InChI=1S/C9H21NO2.C2H6O4S/c1-4-6-7-8-12-10(5-2)9(3)11;1-5-7(3,4)6-2/h9,11H,4-8H2,1-3H3;1-2H3. The Labute approximate surface area is 116 Å². The van der Waals surface area contributed by atoms with Crippen LogP contribution in [0.5, 0.6) is 0 Å². The number of aliphatic hydroxyl groups is 1. The van der Waals surface area contributed by atoms with Gasteiger partial charge in [-0.25, -0.2) is 0 Å². The Bertz CT molecular complexity index is 271. The van der Waals surface area contributed by atoms with Gasteiger partial charge in [0.1, 0.15) is 6.23 Å². The van der Waals surface area contributed by atoms with Crippen LogP contribution in [0, 0.1) is 0 Å². The van der Waals surface area contributed by atoms with E-state index in [9.17, 15) is 8.42 Å². The maximum absolute atomic E-state index is 9.92. The smallest absolute Gasteiger partial charge is 0.377 e. The van der Waals surface area contributed by atoms with Crippen LogP contribution in [0.1, 0.15) is 40.0 Å². The van der Waals surface area contributed by atoms with E-state index < -0.39 is 16.6 Å². The Morgan fingerprint density at radius 2 is 1.68 bits per heavy atom. The average molecular weight is 301 g/mol. The number of nitrogens with zero attached hydrogens (tertiary/aromatic N) is 1. The molecule has 19 heavy (non-hydrogen) atoms. The summed E-state index contributed by atoms with van der Waals surface area (Å²) in [7, 11) is -1.60. The van der Waals surface area contributed by atoms with Gasteiger partial charge in [-0.3, -0.25) is 13.2 Å². The summed E-state index contributed by atoms with van der Waals surface area (Å²) in [6.45, 7) is 7.28. The molecule has 0 aliphatic rings. The van der Waals surface area contributed by atoms with Crippen LogP contribution in [-0.4, -0.2) is 52.2 Å². The second kappa shape index (κ2) is 12.8. The van der Waals surface area contributed by atoms with Crippen molar-refractivity contribution >= 4 is 10.4 Å². The fraction of sp³-hybridized carbons (Fsp3) is 1.00. The summed E-state index contributed by atoms with van der Waals surface area (Å²) < 4.78 is 27.5. The summed E-state index contributed by atoms with van der Waals surface area (Å²) in [5, 5.41) is 10.8. The van der Waals surface area contributed by atoms with Gasteiger partial charge in [0, 0.05) is 6.54 Å². The molecular formula is C11H27NO6S. The summed E-state index contributed by atoms with van der Waals surface area (Å²) in [5.74, 6) is 0. The minimum Gasteiger partial charge on any atom is -0.377 e. The first-order valence-corrected chi connectivity index (χ1v) is 7.61. The van der Waals surface area contributed by atoms with Gasteiger partial charge in [-0.1, -0.05) is 19.8 Å². The molecule has 118 valence electrons. The molecule has 1 atom stereocenters. The molecule has 1 unspecified atom stereocenters. The van der Waals surface area contributed by atoms with Crippen molar-refractivity contribution in [3.8, 4) is 0 Å². The quantitative estimate of drug-likeness (QED) is 0.390. The van der Waals surface area contributed by atoms with Crippen molar-refractivity contribution in [1.29, 1.82) is 0 Å². The number of rotatable bonds is 9. The van der Waals surface area contributed by atoms with Gasteiger partial charge >= 0.3 is 10.4 Å². The molecule has 0 amide bonds. The van der Waals surface area contributed by atoms with E-state index in [1.54, 1.807) is 12.0 Å². The monoisotopic (exact) mass is 301 g/mol. The van der Waals surface area contributed by atoms with E-state index in [2.05, 4.69) is 15.3 Å². The molecule has 0 radical (unpaired) electrons. The van der Waals surface area contributed by atoms with Crippen molar-refractivity contribution in [2.75, 3.05) is 27.4 Å². The number of unbranched alkanes of at least 4 members (excludes halogenated alkanes) is 2. The third-order valence-corrected chi connectivity index (χ3v) is 2.96. The molecule has 0 bridgehead atoms. The fourth-order valence-corrected chi connectivity index (χ4v) is 1.20. The Morgan fingerprint density at radius 1 is 1.16 bits per heavy atom. The summed E-state index contributed by atoms with van der Waals surface area (Å²) in [6, 6.07) is 0. The highest BCUT2D eigenvalue weighted by molar-refractivity contribution is 7.81. The zero-order valence-corrected chi connectivity index (χ0v) is 13.3. The molecule has 0 aliphatic heterocycles. The summed E-state index contributed by atoms with van der Waals surface area (Å²) in [4.78, 5) is 5.34. The van der Waals surface area contributed by atoms with Gasteiger partial charge in [0.2, 0.25) is 0 Å². The first kappa shape index (κ1) is 21.1. The molecule has 1 N–H and O–H groups in total. The van der Waals surface area contributed by atoms with Crippen LogP contribution in [0.25, 0.3) is 0 Å². The van der Waals surface area contributed by atoms with Gasteiger partial charge in [0.05, 0.1) is 20.8 Å². The normalized spacial score (nSPS) is 13.0. The third-order valence-electron chi connectivity index (χ3n) is 2.14. The minimum atomic E-state index is -3.66. The van der Waals surface area contributed by atoms with Crippen LogP contribution in [-0.2, 0) is 23.6 Å². The van der Waals surface area contributed by atoms with Gasteiger partial charge in [0.25, 0.3) is 0 Å². The van der Waals surface area contributed by atoms with Gasteiger partial charge in [-0.05, 0) is 20.3 Å². The Morgan fingerprint density at radius 3 is 1.95 bits per heavy atom. The summed E-state index contributed by atoms with van der Waals surface area (Å²) in [5.41, 5.74) is 0. The number of hydrogen-bond donors (Lipinski definition) is 1. The number of hydrogen-bond acceptors (Lipinski definition) is 7. The lowest BCUT2D eigenvalue weighted by molar-refractivity contribution is -0.230. The van der Waals surface area contributed by atoms with Crippen molar-refractivity contribution in [2.24, 2.45) is 0 Å². The summed E-state index contributed by atoms with van der Waals surface area (Å²) >= 11 is 0. The molecule has 0 aromatic carbocycles. The van der Waals surface area contributed by atoms with E-state index in [4.69, 9.17) is 9.94 Å². The van der Waals surface area contributed by atoms with Gasteiger partial charge in [-0.15, -0.1) is 0 Å². The lowest BCUT2D eigenvalue weighted by Crippen LogP contribution is -2.33. The van der Waals surface area contributed by atoms with Crippen molar-refractivity contribution in [1.82, 2.24) is 5.06 Å². The molecule has 0 aliphatic carbocycles.